The van der Waals surface area contributed by atoms with Crippen LogP contribution in [0.3, 0.4) is 0 Å². The zero-order valence-electron chi connectivity index (χ0n) is 35.1. The van der Waals surface area contributed by atoms with Gasteiger partial charge in [-0.15, -0.1) is 0 Å². The Balaban J connectivity index is 1.14. The third-order valence-corrected chi connectivity index (χ3v) is 13.9. The van der Waals surface area contributed by atoms with Gasteiger partial charge in [0.25, 0.3) is 0 Å². The van der Waals surface area contributed by atoms with Gasteiger partial charge in [0.15, 0.2) is 0 Å². The molecule has 1 spiro atoms. The Morgan fingerprint density at radius 1 is 0.266 bits per heavy atom. The van der Waals surface area contributed by atoms with Gasteiger partial charge in [0.2, 0.25) is 0 Å². The van der Waals surface area contributed by atoms with E-state index in [2.05, 4.69) is 254 Å². The molecule has 0 aromatic heterocycles. The van der Waals surface area contributed by atoms with E-state index < -0.39 is 5.41 Å². The molecule has 0 atom stereocenters. The maximum absolute atomic E-state index is 2.55. The number of fused-ring (bicyclic) bond motifs is 12. The maximum Gasteiger partial charge on any atom is 0.0726 e. The summed E-state index contributed by atoms with van der Waals surface area (Å²) >= 11 is 0. The van der Waals surface area contributed by atoms with E-state index in [1.54, 1.807) is 0 Å². The molecular formula is C63H41N. The van der Waals surface area contributed by atoms with Gasteiger partial charge in [-0.3, -0.25) is 0 Å². The van der Waals surface area contributed by atoms with Gasteiger partial charge < -0.3 is 4.90 Å². The lowest BCUT2D eigenvalue weighted by atomic mass is 9.70. The standard InChI is InChI=1S/C63H41N/c1-2-17-42(18-3-1)44-37-39-48(40-38-44)64(59-33-15-27-50(47-36-35-43-19-4-5-21-46(43)41-47)61(59)53-28-14-22-45-20-6-7-23-49(45)53)60-34-16-32-58-62(60)54-26-10-13-31-57(54)63(58)55-29-11-8-24-51(55)52-25-9-12-30-56(52)63/h1-41H. The molecule has 0 unspecified atom stereocenters. The largest absolute Gasteiger partial charge is 0.309 e. The first-order chi connectivity index (χ1) is 31.8. The van der Waals surface area contributed by atoms with Crippen LogP contribution < -0.4 is 4.90 Å². The first-order valence-electron chi connectivity index (χ1n) is 22.3. The molecule has 0 N–H and O–H groups in total. The minimum Gasteiger partial charge on any atom is -0.309 e. The van der Waals surface area contributed by atoms with E-state index in [1.807, 2.05) is 0 Å². The van der Waals surface area contributed by atoms with E-state index in [0.717, 1.165) is 17.1 Å². The zero-order valence-corrected chi connectivity index (χ0v) is 35.1. The molecule has 0 heterocycles. The Hall–Kier alpha value is -8.26. The van der Waals surface area contributed by atoms with E-state index in [1.165, 1.54) is 99.4 Å². The predicted octanol–water partition coefficient (Wildman–Crippen LogP) is 16.8. The second-order valence-corrected chi connectivity index (χ2v) is 17.1. The molecule has 64 heavy (non-hydrogen) atoms. The summed E-state index contributed by atoms with van der Waals surface area (Å²) in [6.45, 7) is 0. The minimum absolute atomic E-state index is 0.469. The fraction of sp³-hybridized carbons (Fsp3) is 0.0159. The molecule has 0 aliphatic heterocycles. The van der Waals surface area contributed by atoms with Gasteiger partial charge in [-0.05, 0) is 119 Å². The number of hydrogen-bond donors (Lipinski definition) is 0. The van der Waals surface area contributed by atoms with E-state index in [9.17, 15) is 0 Å². The van der Waals surface area contributed by atoms with Crippen LogP contribution in [0.25, 0.3) is 77.2 Å². The SMILES string of the molecule is c1ccc(-c2ccc(N(c3cccc(-c4ccc5ccccc5c4)c3-c3cccc4ccccc34)c3cccc4c3-c3ccccc3C43c4ccccc4-c4ccccc43)cc2)cc1. The molecule has 1 heteroatoms. The van der Waals surface area contributed by atoms with E-state index in [-0.39, 0.29) is 0 Å². The summed E-state index contributed by atoms with van der Waals surface area (Å²) in [7, 11) is 0. The average molecular weight is 812 g/mol. The van der Waals surface area contributed by atoms with Gasteiger partial charge in [0.1, 0.15) is 0 Å². The third kappa shape index (κ3) is 5.31. The number of benzene rings is 11. The fourth-order valence-corrected chi connectivity index (χ4v) is 11.2. The molecule has 11 aromatic rings. The molecule has 0 amide bonds. The van der Waals surface area contributed by atoms with Crippen LogP contribution >= 0.6 is 0 Å². The van der Waals surface area contributed by atoms with Crippen molar-refractivity contribution in [3.8, 4) is 55.6 Å². The first kappa shape index (κ1) is 36.4. The first-order valence-corrected chi connectivity index (χ1v) is 22.3. The fourth-order valence-electron chi connectivity index (χ4n) is 11.2. The van der Waals surface area contributed by atoms with Crippen molar-refractivity contribution in [3.63, 3.8) is 0 Å². The monoisotopic (exact) mass is 811 g/mol. The maximum atomic E-state index is 2.55. The summed E-state index contributed by atoms with van der Waals surface area (Å²) in [5.41, 5.74) is 20.5. The molecule has 0 saturated carbocycles. The van der Waals surface area contributed by atoms with Crippen molar-refractivity contribution in [2.75, 3.05) is 4.90 Å². The van der Waals surface area contributed by atoms with Crippen LogP contribution in [0.4, 0.5) is 17.1 Å². The van der Waals surface area contributed by atoms with Crippen molar-refractivity contribution >= 4 is 38.6 Å². The van der Waals surface area contributed by atoms with Crippen molar-refractivity contribution in [2.24, 2.45) is 0 Å². The van der Waals surface area contributed by atoms with Crippen LogP contribution in [0.5, 0.6) is 0 Å². The van der Waals surface area contributed by atoms with Gasteiger partial charge in [0.05, 0.1) is 16.8 Å². The molecule has 1 nitrogen and oxygen atoms in total. The third-order valence-electron chi connectivity index (χ3n) is 13.9. The van der Waals surface area contributed by atoms with Gasteiger partial charge in [-0.2, -0.15) is 0 Å². The smallest absolute Gasteiger partial charge is 0.0726 e. The Morgan fingerprint density at radius 3 is 1.50 bits per heavy atom. The van der Waals surface area contributed by atoms with Crippen LogP contribution in [-0.4, -0.2) is 0 Å². The molecule has 2 aliphatic carbocycles. The summed E-state index contributed by atoms with van der Waals surface area (Å²) in [6, 6.07) is 92.3. The number of nitrogens with zero attached hydrogens (tertiary/aromatic N) is 1. The molecule has 2 aliphatic rings. The summed E-state index contributed by atoms with van der Waals surface area (Å²) < 4.78 is 0. The predicted molar refractivity (Wildman–Crippen MR) is 269 cm³/mol. The highest BCUT2D eigenvalue weighted by atomic mass is 15.1. The Morgan fingerprint density at radius 2 is 0.750 bits per heavy atom. The number of rotatable bonds is 6. The van der Waals surface area contributed by atoms with E-state index in [0.29, 0.717) is 0 Å². The topological polar surface area (TPSA) is 3.24 Å². The molecule has 0 bridgehead atoms. The number of hydrogen-bond acceptors (Lipinski definition) is 1. The summed E-state index contributed by atoms with van der Waals surface area (Å²) in [6.07, 6.45) is 0. The lowest BCUT2D eigenvalue weighted by molar-refractivity contribution is 0.794. The quantitative estimate of drug-likeness (QED) is 0.162. The minimum atomic E-state index is -0.469. The van der Waals surface area contributed by atoms with Crippen LogP contribution in [0, 0.1) is 0 Å². The highest BCUT2D eigenvalue weighted by Gasteiger charge is 2.52. The lowest BCUT2D eigenvalue weighted by Crippen LogP contribution is -2.26. The van der Waals surface area contributed by atoms with Crippen molar-refractivity contribution in [1.29, 1.82) is 0 Å². The Bertz CT molecular complexity index is 3570. The summed E-state index contributed by atoms with van der Waals surface area (Å²) in [4.78, 5) is 2.55. The average Bonchev–Trinajstić information content (AvgIpc) is 3.84. The van der Waals surface area contributed by atoms with Gasteiger partial charge >= 0.3 is 0 Å². The van der Waals surface area contributed by atoms with Crippen molar-refractivity contribution in [3.05, 3.63) is 271 Å². The van der Waals surface area contributed by atoms with Gasteiger partial charge in [-0.25, -0.2) is 0 Å². The lowest BCUT2D eigenvalue weighted by Gasteiger charge is -2.33. The second kappa shape index (κ2) is 14.4. The Labute approximate surface area is 373 Å². The molecular weight excluding hydrogens is 771 g/mol. The molecule has 11 aromatic carbocycles. The summed E-state index contributed by atoms with van der Waals surface area (Å²) in [5, 5.41) is 4.90. The van der Waals surface area contributed by atoms with Crippen LogP contribution in [0.1, 0.15) is 22.3 Å². The zero-order chi connectivity index (χ0) is 42.2. The number of anilines is 3. The van der Waals surface area contributed by atoms with Crippen molar-refractivity contribution < 1.29 is 0 Å². The highest BCUT2D eigenvalue weighted by molar-refractivity contribution is 6.09. The highest BCUT2D eigenvalue weighted by Crippen LogP contribution is 2.65. The normalized spacial score (nSPS) is 12.8. The van der Waals surface area contributed by atoms with Crippen LogP contribution in [0.2, 0.25) is 0 Å². The van der Waals surface area contributed by atoms with E-state index in [4.69, 9.17) is 0 Å². The van der Waals surface area contributed by atoms with Gasteiger partial charge in [0, 0.05) is 16.8 Å². The van der Waals surface area contributed by atoms with E-state index >= 15 is 0 Å². The molecule has 13 rings (SSSR count). The van der Waals surface area contributed by atoms with Gasteiger partial charge in [-0.1, -0.05) is 218 Å². The van der Waals surface area contributed by atoms with Crippen molar-refractivity contribution in [2.45, 2.75) is 5.41 Å². The molecule has 0 radical (unpaired) electrons. The second-order valence-electron chi connectivity index (χ2n) is 17.1. The Kier molecular flexibility index (Phi) is 8.20. The molecule has 298 valence electrons. The van der Waals surface area contributed by atoms with Crippen molar-refractivity contribution in [1.82, 2.24) is 0 Å². The molecule has 0 saturated heterocycles. The summed E-state index contributed by atoms with van der Waals surface area (Å²) in [5.74, 6) is 0. The van der Waals surface area contributed by atoms with Crippen LogP contribution in [0.15, 0.2) is 249 Å². The van der Waals surface area contributed by atoms with Crippen LogP contribution in [-0.2, 0) is 5.41 Å². The molecule has 0 fully saturated rings.